The van der Waals surface area contributed by atoms with Gasteiger partial charge in [-0.25, -0.2) is 4.79 Å². The van der Waals surface area contributed by atoms with Crippen molar-refractivity contribution in [3.05, 3.63) is 0 Å². The molecule has 1 rings (SSSR count). The van der Waals surface area contributed by atoms with Gasteiger partial charge in [-0.1, -0.05) is 13.8 Å². The van der Waals surface area contributed by atoms with Crippen LogP contribution >= 0.6 is 0 Å². The molecule has 2 atom stereocenters. The maximum Gasteiger partial charge on any atom is 0.326 e. The van der Waals surface area contributed by atoms with Crippen LogP contribution < -0.4 is 10.6 Å². The fourth-order valence-corrected chi connectivity index (χ4v) is 1.70. The Balaban J connectivity index is 2.47. The first-order chi connectivity index (χ1) is 8.00. The van der Waals surface area contributed by atoms with E-state index in [1.165, 1.54) is 0 Å². The minimum Gasteiger partial charge on any atom is -0.480 e. The molecule has 0 radical (unpaired) electrons. The summed E-state index contributed by atoms with van der Waals surface area (Å²) < 4.78 is 5.16. The molecule has 0 aromatic rings. The lowest BCUT2D eigenvalue weighted by Crippen LogP contribution is -2.54. The van der Waals surface area contributed by atoms with Gasteiger partial charge in [0, 0.05) is 6.54 Å². The molecule has 1 saturated heterocycles. The van der Waals surface area contributed by atoms with Gasteiger partial charge >= 0.3 is 5.97 Å². The van der Waals surface area contributed by atoms with Crippen molar-refractivity contribution in [3.63, 3.8) is 0 Å². The Kier molecular flexibility index (Phi) is 5.37. The number of carbonyl (C=O) groups excluding carboxylic acids is 1. The highest BCUT2D eigenvalue weighted by Gasteiger charge is 2.26. The number of amides is 1. The van der Waals surface area contributed by atoms with Gasteiger partial charge in [-0.3, -0.25) is 4.79 Å². The molecule has 0 aromatic heterocycles. The Morgan fingerprint density at radius 3 is 2.71 bits per heavy atom. The highest BCUT2D eigenvalue weighted by molar-refractivity contribution is 5.87. The SMILES string of the molecule is CC(C)CC(NC(=O)C1COCCN1)C(=O)O. The van der Waals surface area contributed by atoms with Crippen LogP contribution in [0.2, 0.25) is 0 Å². The van der Waals surface area contributed by atoms with Crippen LogP contribution in [0.15, 0.2) is 0 Å². The number of hydrogen-bond acceptors (Lipinski definition) is 4. The molecule has 0 aliphatic carbocycles. The van der Waals surface area contributed by atoms with Crippen molar-refractivity contribution in [3.8, 4) is 0 Å². The average molecular weight is 244 g/mol. The third-order valence-electron chi connectivity index (χ3n) is 2.56. The van der Waals surface area contributed by atoms with E-state index in [4.69, 9.17) is 9.84 Å². The zero-order chi connectivity index (χ0) is 12.8. The van der Waals surface area contributed by atoms with Crippen LogP contribution in [0.25, 0.3) is 0 Å². The largest absolute Gasteiger partial charge is 0.480 e. The summed E-state index contributed by atoms with van der Waals surface area (Å²) in [7, 11) is 0. The fourth-order valence-electron chi connectivity index (χ4n) is 1.70. The summed E-state index contributed by atoms with van der Waals surface area (Å²) in [6.45, 7) is 5.33. The summed E-state index contributed by atoms with van der Waals surface area (Å²) in [6, 6.07) is -1.27. The maximum absolute atomic E-state index is 11.8. The summed E-state index contributed by atoms with van der Waals surface area (Å²) in [5.41, 5.74) is 0. The van der Waals surface area contributed by atoms with Crippen LogP contribution in [0, 0.1) is 5.92 Å². The second-order valence-corrected chi connectivity index (χ2v) is 4.61. The number of carboxylic acid groups (broad SMARTS) is 1. The predicted octanol–water partition coefficient (Wildman–Crippen LogP) is -0.410. The molecule has 1 aliphatic rings. The van der Waals surface area contributed by atoms with E-state index in [0.29, 0.717) is 26.2 Å². The van der Waals surface area contributed by atoms with Crippen molar-refractivity contribution in [2.75, 3.05) is 19.8 Å². The van der Waals surface area contributed by atoms with Crippen molar-refractivity contribution in [2.24, 2.45) is 5.92 Å². The molecule has 6 heteroatoms. The molecule has 1 heterocycles. The topological polar surface area (TPSA) is 87.7 Å². The molecule has 1 fully saturated rings. The van der Waals surface area contributed by atoms with Crippen molar-refractivity contribution >= 4 is 11.9 Å². The molecule has 1 amide bonds. The Bertz CT molecular complexity index is 275. The average Bonchev–Trinajstić information content (AvgIpc) is 2.28. The standard InChI is InChI=1S/C11H20N2O4/c1-7(2)5-8(11(15)16)13-10(14)9-6-17-4-3-12-9/h7-9,12H,3-6H2,1-2H3,(H,13,14)(H,15,16). The molecule has 17 heavy (non-hydrogen) atoms. The number of ether oxygens (including phenoxy) is 1. The molecule has 0 saturated carbocycles. The summed E-state index contributed by atoms with van der Waals surface area (Å²) >= 11 is 0. The zero-order valence-electron chi connectivity index (χ0n) is 10.2. The Hall–Kier alpha value is -1.14. The lowest BCUT2D eigenvalue weighted by Gasteiger charge is -2.25. The van der Waals surface area contributed by atoms with Gasteiger partial charge in [-0.15, -0.1) is 0 Å². The molecule has 0 aromatic carbocycles. The molecule has 6 nitrogen and oxygen atoms in total. The predicted molar refractivity (Wildman–Crippen MR) is 61.6 cm³/mol. The molecule has 0 spiro atoms. The van der Waals surface area contributed by atoms with E-state index >= 15 is 0 Å². The third-order valence-corrected chi connectivity index (χ3v) is 2.56. The van der Waals surface area contributed by atoms with Gasteiger partial charge in [0.05, 0.1) is 13.2 Å². The molecular weight excluding hydrogens is 224 g/mol. The first-order valence-corrected chi connectivity index (χ1v) is 5.85. The normalized spacial score (nSPS) is 22.2. The van der Waals surface area contributed by atoms with Crippen molar-refractivity contribution in [1.29, 1.82) is 0 Å². The van der Waals surface area contributed by atoms with Gasteiger partial charge in [-0.05, 0) is 12.3 Å². The monoisotopic (exact) mass is 244 g/mol. The summed E-state index contributed by atoms with van der Waals surface area (Å²) in [6.07, 6.45) is 0.425. The number of carboxylic acids is 1. The van der Waals surface area contributed by atoms with Crippen LogP contribution in [-0.4, -0.2) is 48.8 Å². The minimum atomic E-state index is -0.997. The van der Waals surface area contributed by atoms with Crippen LogP contribution in [-0.2, 0) is 14.3 Å². The van der Waals surface area contributed by atoms with E-state index < -0.39 is 18.1 Å². The van der Waals surface area contributed by atoms with E-state index in [9.17, 15) is 9.59 Å². The van der Waals surface area contributed by atoms with Gasteiger partial charge in [0.1, 0.15) is 12.1 Å². The molecule has 1 aliphatic heterocycles. The number of aliphatic carboxylic acids is 1. The van der Waals surface area contributed by atoms with E-state index in [2.05, 4.69) is 10.6 Å². The summed E-state index contributed by atoms with van der Waals surface area (Å²) in [5, 5.41) is 14.5. The molecule has 2 unspecified atom stereocenters. The number of carbonyl (C=O) groups is 2. The summed E-state index contributed by atoms with van der Waals surface area (Å²) in [4.78, 5) is 22.8. The lowest BCUT2D eigenvalue weighted by molar-refractivity contribution is -0.143. The van der Waals surface area contributed by atoms with Gasteiger partial charge in [0.25, 0.3) is 0 Å². The highest BCUT2D eigenvalue weighted by Crippen LogP contribution is 2.05. The van der Waals surface area contributed by atoms with Crippen LogP contribution in [0.5, 0.6) is 0 Å². The van der Waals surface area contributed by atoms with E-state index in [0.717, 1.165) is 0 Å². The molecule has 0 bridgehead atoms. The fraction of sp³-hybridized carbons (Fsp3) is 0.818. The molecule has 3 N–H and O–H groups in total. The Labute approximate surface area is 101 Å². The Morgan fingerprint density at radius 1 is 1.53 bits per heavy atom. The second kappa shape index (κ2) is 6.56. The van der Waals surface area contributed by atoms with Crippen LogP contribution in [0.1, 0.15) is 20.3 Å². The maximum atomic E-state index is 11.8. The van der Waals surface area contributed by atoms with E-state index in [1.54, 1.807) is 0 Å². The van der Waals surface area contributed by atoms with Crippen LogP contribution in [0.4, 0.5) is 0 Å². The van der Waals surface area contributed by atoms with Crippen molar-refractivity contribution < 1.29 is 19.4 Å². The third kappa shape index (κ3) is 4.70. The number of nitrogens with one attached hydrogen (secondary N) is 2. The highest BCUT2D eigenvalue weighted by atomic mass is 16.5. The number of morpholine rings is 1. The first kappa shape index (κ1) is 13.9. The first-order valence-electron chi connectivity index (χ1n) is 5.85. The smallest absolute Gasteiger partial charge is 0.326 e. The molecule has 98 valence electrons. The van der Waals surface area contributed by atoms with Gasteiger partial charge < -0.3 is 20.5 Å². The number of rotatable bonds is 5. The zero-order valence-corrected chi connectivity index (χ0v) is 10.2. The van der Waals surface area contributed by atoms with Gasteiger partial charge in [0.2, 0.25) is 5.91 Å². The van der Waals surface area contributed by atoms with E-state index in [-0.39, 0.29) is 11.8 Å². The number of hydrogen-bond donors (Lipinski definition) is 3. The van der Waals surface area contributed by atoms with Gasteiger partial charge in [-0.2, -0.15) is 0 Å². The van der Waals surface area contributed by atoms with E-state index in [1.807, 2.05) is 13.8 Å². The van der Waals surface area contributed by atoms with Gasteiger partial charge in [0.15, 0.2) is 0 Å². The van der Waals surface area contributed by atoms with Crippen LogP contribution in [0.3, 0.4) is 0 Å². The lowest BCUT2D eigenvalue weighted by atomic mass is 10.0. The second-order valence-electron chi connectivity index (χ2n) is 4.61. The Morgan fingerprint density at radius 2 is 2.24 bits per heavy atom. The van der Waals surface area contributed by atoms with Crippen molar-refractivity contribution in [1.82, 2.24) is 10.6 Å². The molecular formula is C11H20N2O4. The summed E-state index contributed by atoms with van der Waals surface area (Å²) in [5.74, 6) is -1.09. The van der Waals surface area contributed by atoms with Crippen molar-refractivity contribution in [2.45, 2.75) is 32.4 Å². The minimum absolute atomic E-state index is 0.215. The quantitative estimate of drug-likeness (QED) is 0.612.